The molecule has 0 radical (unpaired) electrons. The first-order chi connectivity index (χ1) is 14.4. The quantitative estimate of drug-likeness (QED) is 0.168. The molecule has 0 saturated heterocycles. The minimum atomic E-state index is -0.00377. The van der Waals surface area contributed by atoms with Crippen molar-refractivity contribution in [3.8, 4) is 5.75 Å². The van der Waals surface area contributed by atoms with E-state index in [0.29, 0.717) is 34.3 Å². The van der Waals surface area contributed by atoms with Crippen LogP contribution >= 0.6 is 34.9 Å². The van der Waals surface area contributed by atoms with Crippen molar-refractivity contribution >= 4 is 72.6 Å². The fraction of sp³-hybridized carbons (Fsp3) is 0.200. The molecular formula is C15H14ClN8OS4Zn2-. The van der Waals surface area contributed by atoms with Gasteiger partial charge in [-0.2, -0.15) is 45.7 Å². The number of phenolic OH excluding ortho intramolecular Hbond substituents is 1. The molecule has 0 saturated carbocycles. The topological polar surface area (TPSA) is 106 Å². The molecule has 0 fully saturated rings. The van der Waals surface area contributed by atoms with Crippen LogP contribution in [0.25, 0.3) is 0 Å². The summed E-state index contributed by atoms with van der Waals surface area (Å²) >= 11 is 19.4. The summed E-state index contributed by atoms with van der Waals surface area (Å²) in [5.74, 6) is 1.66. The van der Waals surface area contributed by atoms with Gasteiger partial charge >= 0.3 is 27.0 Å². The van der Waals surface area contributed by atoms with Gasteiger partial charge in [0.2, 0.25) is 0 Å². The van der Waals surface area contributed by atoms with Crippen molar-refractivity contribution in [3.63, 3.8) is 0 Å². The number of aryl methyl sites for hydroxylation is 1. The number of aromatic hydroxyl groups is 1. The van der Waals surface area contributed by atoms with Crippen molar-refractivity contribution in [3.05, 3.63) is 40.5 Å². The first-order valence-corrected chi connectivity index (χ1v) is 14.1. The van der Waals surface area contributed by atoms with Gasteiger partial charge in [0.05, 0.1) is 23.9 Å². The monoisotopic (exact) mass is 613 g/mol. The fourth-order valence-corrected chi connectivity index (χ4v) is 3.07. The van der Waals surface area contributed by atoms with Gasteiger partial charge in [-0.3, -0.25) is 0 Å². The second-order valence-corrected chi connectivity index (χ2v) is 6.88. The van der Waals surface area contributed by atoms with Gasteiger partial charge in [-0.25, -0.2) is 9.35 Å². The molecule has 156 valence electrons. The van der Waals surface area contributed by atoms with E-state index in [2.05, 4.69) is 55.9 Å². The zero-order valence-corrected chi connectivity index (χ0v) is 26.4. The Labute approximate surface area is 227 Å². The molecule has 9 nitrogen and oxygen atoms in total. The number of aromatic nitrogens is 6. The summed E-state index contributed by atoms with van der Waals surface area (Å²) in [6.45, 7) is 1.89. The van der Waals surface area contributed by atoms with Crippen molar-refractivity contribution in [1.82, 2.24) is 29.7 Å². The summed E-state index contributed by atoms with van der Waals surface area (Å²) in [7, 11) is 4.76. The summed E-state index contributed by atoms with van der Waals surface area (Å²) in [6, 6.07) is 3.56. The van der Waals surface area contributed by atoms with Crippen molar-refractivity contribution in [2.24, 2.45) is 10.2 Å². The summed E-state index contributed by atoms with van der Waals surface area (Å²) in [4.78, 5) is 0. The molecule has 3 aromatic rings. The van der Waals surface area contributed by atoms with Crippen LogP contribution in [-0.4, -0.2) is 47.3 Å². The average molecular weight is 617 g/mol. The van der Waals surface area contributed by atoms with Crippen LogP contribution in [-0.2, 0) is 73.6 Å². The zero-order valence-electron chi connectivity index (χ0n) is 16.3. The van der Waals surface area contributed by atoms with Crippen LogP contribution in [0.4, 0.5) is 0 Å². The van der Waals surface area contributed by atoms with E-state index < -0.39 is 0 Å². The Morgan fingerprint density at radius 1 is 0.968 bits per heavy atom. The Morgan fingerprint density at radius 2 is 1.35 bits per heavy atom. The molecule has 2 aromatic heterocycles. The maximum atomic E-state index is 10.6. The Hall–Kier alpha value is -0.683. The first kappa shape index (κ1) is 28.3. The maximum absolute atomic E-state index is 10.6. The van der Waals surface area contributed by atoms with Gasteiger partial charge in [-0.05, 0) is 24.6 Å². The summed E-state index contributed by atoms with van der Waals surface area (Å²) in [5, 5.41) is 34.9. The van der Waals surface area contributed by atoms with Crippen molar-refractivity contribution in [1.29, 1.82) is 0 Å². The molecule has 16 heteroatoms. The van der Waals surface area contributed by atoms with Crippen LogP contribution in [0.1, 0.15) is 28.3 Å². The predicted molar refractivity (Wildman–Crippen MR) is 121 cm³/mol. The maximum Gasteiger partial charge on any atom is 0 e. The minimum absolute atomic E-state index is 0. The molecular weight excluding hydrogens is 603 g/mol. The molecule has 0 bridgehead atoms. The van der Waals surface area contributed by atoms with Gasteiger partial charge in [0.15, 0.2) is 11.6 Å². The van der Waals surface area contributed by atoms with Gasteiger partial charge in [0, 0.05) is 40.9 Å². The molecule has 0 unspecified atom stereocenters. The van der Waals surface area contributed by atoms with E-state index in [1.54, 1.807) is 12.1 Å². The third kappa shape index (κ3) is 7.15. The molecule has 1 N–H and O–H groups in total. The largest absolute Gasteiger partial charge is 0 e. The fourth-order valence-electron chi connectivity index (χ4n) is 2.29. The zero-order chi connectivity index (χ0) is 22.3. The number of halogens is 1. The second kappa shape index (κ2) is 13.8. The van der Waals surface area contributed by atoms with E-state index in [0.717, 1.165) is 22.9 Å². The molecule has 31 heavy (non-hydrogen) atoms. The normalized spacial score (nSPS) is 10.9. The van der Waals surface area contributed by atoms with E-state index in [1.165, 1.54) is 21.8 Å². The Bertz CT molecular complexity index is 996. The standard InChI is InChI=1S/C15H16N8OS4.ClH.2Zn/c1-8-2-9(4-16-22-11(6-25)18-20-14(22)27)13(24)10(3-8)5-17-23-12(7-26)19-21-15(23)28;;;/h2-5,24-26H,6-7H2,1H3,(H,20,27)(H,21,28);1H;;/q;;;+2/p-3/b16-4+,17-5+;;;. The number of rotatable bonds is 6. The van der Waals surface area contributed by atoms with Crippen LogP contribution in [0, 0.1) is 6.92 Å². The van der Waals surface area contributed by atoms with Gasteiger partial charge < -0.3 is 30.4 Å². The van der Waals surface area contributed by atoms with Gasteiger partial charge in [-0.1, -0.05) is 0 Å². The smallest absolute Gasteiger partial charge is 0 e. The van der Waals surface area contributed by atoms with Crippen molar-refractivity contribution < 1.29 is 41.9 Å². The molecule has 0 atom stereocenters. The van der Waals surface area contributed by atoms with E-state index in [9.17, 15) is 5.11 Å². The van der Waals surface area contributed by atoms with Crippen molar-refractivity contribution in [2.45, 2.75) is 28.7 Å². The van der Waals surface area contributed by atoms with Gasteiger partial charge in [0.1, 0.15) is 5.75 Å². The van der Waals surface area contributed by atoms with E-state index in [4.69, 9.17) is 34.9 Å². The molecule has 3 rings (SSSR count). The summed E-state index contributed by atoms with van der Waals surface area (Å²) in [6.07, 6.45) is 2.95. The molecule has 0 amide bonds. The number of nitrogens with zero attached hydrogens (tertiary/aromatic N) is 8. The molecule has 1 aromatic carbocycles. The molecule has 0 aliphatic carbocycles. The SMILES string of the molecule is Cc1cc(/C=N/n2c([S-])nnc2CS)c(O)c(/C=N/n2c([S-])nnc2CS)c1.[Cl][Zn+].[Zn]. The second-order valence-electron chi connectivity index (χ2n) is 5.52. The number of phenols is 1. The third-order valence-electron chi connectivity index (χ3n) is 3.57. The van der Waals surface area contributed by atoms with E-state index in [1.807, 2.05) is 6.92 Å². The Kier molecular flexibility index (Phi) is 12.6. The number of thiol groups is 2. The first-order valence-electron chi connectivity index (χ1n) is 8.08. The van der Waals surface area contributed by atoms with Gasteiger partial charge in [0.25, 0.3) is 0 Å². The van der Waals surface area contributed by atoms with Gasteiger partial charge in [-0.15, -0.1) is 10.2 Å². The van der Waals surface area contributed by atoms with Crippen LogP contribution in [0.15, 0.2) is 32.6 Å². The van der Waals surface area contributed by atoms with E-state index >= 15 is 0 Å². The Morgan fingerprint density at radius 3 is 1.71 bits per heavy atom. The molecule has 0 spiro atoms. The molecule has 2 heterocycles. The van der Waals surface area contributed by atoms with Crippen LogP contribution in [0.3, 0.4) is 0 Å². The Balaban J connectivity index is 0.00000156. The summed E-state index contributed by atoms with van der Waals surface area (Å²) < 4.78 is 2.77. The van der Waals surface area contributed by atoms with Crippen LogP contribution in [0.2, 0.25) is 0 Å². The average Bonchev–Trinajstić information content (AvgIpc) is 3.30. The van der Waals surface area contributed by atoms with Crippen LogP contribution < -0.4 is 0 Å². The minimum Gasteiger partial charge on any atom is 0 e. The summed E-state index contributed by atoms with van der Waals surface area (Å²) in [5.41, 5.74) is 1.85. The molecule has 0 aliphatic heterocycles. The van der Waals surface area contributed by atoms with Crippen molar-refractivity contribution in [2.75, 3.05) is 0 Å². The van der Waals surface area contributed by atoms with Crippen LogP contribution in [0.5, 0.6) is 5.75 Å². The predicted octanol–water partition coefficient (Wildman–Crippen LogP) is 2.00. The molecule has 0 aliphatic rings. The third-order valence-corrected chi connectivity index (χ3v) is 4.65. The van der Waals surface area contributed by atoms with E-state index in [-0.39, 0.29) is 35.5 Å². The number of hydrogen-bond acceptors (Lipinski definition) is 11. The number of hydrogen-bond donors (Lipinski definition) is 3. The number of benzene rings is 1.